The number of carbonyl (C=O) groups excluding carboxylic acids is 2. The quantitative estimate of drug-likeness (QED) is 0.272. The van der Waals surface area contributed by atoms with Crippen LogP contribution >= 0.6 is 11.3 Å². The van der Waals surface area contributed by atoms with Gasteiger partial charge in [0.05, 0.1) is 5.01 Å². The van der Waals surface area contributed by atoms with Gasteiger partial charge in [-0.3, -0.25) is 9.48 Å². The van der Waals surface area contributed by atoms with Gasteiger partial charge in [0, 0.05) is 24.4 Å². The summed E-state index contributed by atoms with van der Waals surface area (Å²) in [5.41, 5.74) is 1.02. The number of aryl methyl sites for hydroxylation is 1. The van der Waals surface area contributed by atoms with E-state index in [1.807, 2.05) is 18.2 Å². The standard InChI is InChI=1S/C26H26F4N4O3S/c27-23(28)18-12-20(24(29)30)34(32-18)13-22(35)33-10-8-16(9-11-33)25-31-19(14-38-25)26(36)37-21-7-3-5-15-4-1-2-6-17(15)21/h1-2,4,6,12,14,16,21,23-24H,3,5,7-11,13H2/t21-/m1/s1. The zero-order valence-electron chi connectivity index (χ0n) is 20.4. The van der Waals surface area contributed by atoms with Gasteiger partial charge in [0.15, 0.2) is 5.69 Å². The molecule has 2 aliphatic rings. The summed E-state index contributed by atoms with van der Waals surface area (Å²) in [4.78, 5) is 31.5. The van der Waals surface area contributed by atoms with E-state index in [1.54, 1.807) is 5.38 Å². The lowest BCUT2D eigenvalue weighted by Gasteiger charge is -2.31. The number of esters is 1. The molecule has 2 aromatic heterocycles. The monoisotopic (exact) mass is 550 g/mol. The summed E-state index contributed by atoms with van der Waals surface area (Å²) >= 11 is 1.37. The van der Waals surface area contributed by atoms with E-state index >= 15 is 0 Å². The molecule has 1 fully saturated rings. The molecule has 3 heterocycles. The molecular weight excluding hydrogens is 524 g/mol. The van der Waals surface area contributed by atoms with Crippen LogP contribution in [-0.2, 0) is 22.5 Å². The number of benzene rings is 1. The molecule has 0 spiro atoms. The fourth-order valence-electron chi connectivity index (χ4n) is 5.06. The molecule has 202 valence electrons. The second-order valence-corrected chi connectivity index (χ2v) is 10.4. The molecule has 1 amide bonds. The number of hydrogen-bond acceptors (Lipinski definition) is 6. The fraction of sp³-hybridized carbons (Fsp3) is 0.462. The summed E-state index contributed by atoms with van der Waals surface area (Å²) in [6.45, 7) is 0.179. The Labute approximate surface area is 220 Å². The Morgan fingerprint density at radius 1 is 1.08 bits per heavy atom. The summed E-state index contributed by atoms with van der Waals surface area (Å²) in [6, 6.07) is 8.60. The normalized spacial score (nSPS) is 18.2. The van der Waals surface area contributed by atoms with Crippen molar-refractivity contribution in [3.05, 3.63) is 68.9 Å². The summed E-state index contributed by atoms with van der Waals surface area (Å²) in [6.07, 6.45) is -2.47. The number of likely N-dealkylation sites (tertiary alicyclic amines) is 1. The first-order valence-corrected chi connectivity index (χ1v) is 13.3. The molecule has 3 aromatic rings. The van der Waals surface area contributed by atoms with E-state index < -0.39 is 42.7 Å². The summed E-state index contributed by atoms with van der Waals surface area (Å²) in [5.74, 6) is -0.891. The van der Waals surface area contributed by atoms with E-state index in [9.17, 15) is 27.2 Å². The van der Waals surface area contributed by atoms with Gasteiger partial charge in [-0.2, -0.15) is 5.10 Å². The molecule has 0 saturated carbocycles. The van der Waals surface area contributed by atoms with Gasteiger partial charge in [-0.15, -0.1) is 11.3 Å². The number of alkyl halides is 4. The van der Waals surface area contributed by atoms with Crippen molar-refractivity contribution >= 4 is 23.2 Å². The van der Waals surface area contributed by atoms with Crippen LogP contribution in [0.2, 0.25) is 0 Å². The smallest absolute Gasteiger partial charge is 0.358 e. The maximum atomic E-state index is 13.2. The highest BCUT2D eigenvalue weighted by Crippen LogP contribution is 2.34. The number of hydrogen-bond donors (Lipinski definition) is 0. The average molecular weight is 551 g/mol. The third kappa shape index (κ3) is 5.59. The highest BCUT2D eigenvalue weighted by molar-refractivity contribution is 7.09. The van der Waals surface area contributed by atoms with Gasteiger partial charge < -0.3 is 9.64 Å². The van der Waals surface area contributed by atoms with E-state index in [4.69, 9.17) is 4.74 Å². The summed E-state index contributed by atoms with van der Waals surface area (Å²) in [5, 5.41) is 5.96. The molecule has 0 bridgehead atoms. The molecule has 1 atom stereocenters. The molecule has 0 unspecified atom stereocenters. The van der Waals surface area contributed by atoms with Crippen LogP contribution in [0.4, 0.5) is 17.6 Å². The lowest BCUT2D eigenvalue weighted by atomic mass is 9.89. The van der Waals surface area contributed by atoms with E-state index in [2.05, 4.69) is 16.1 Å². The topological polar surface area (TPSA) is 77.3 Å². The molecule has 12 heteroatoms. The molecule has 5 rings (SSSR count). The van der Waals surface area contributed by atoms with Crippen LogP contribution in [0, 0.1) is 0 Å². The van der Waals surface area contributed by atoms with Gasteiger partial charge >= 0.3 is 5.97 Å². The number of halogens is 4. The number of amides is 1. The SMILES string of the molecule is O=C(O[C@@H]1CCCc2ccccc21)c1csc(C2CCN(C(=O)Cn3nc(C(F)F)cc3C(F)F)CC2)n1. The third-order valence-electron chi connectivity index (χ3n) is 7.05. The third-order valence-corrected chi connectivity index (χ3v) is 8.06. The Kier molecular flexibility index (Phi) is 7.78. The first-order valence-electron chi connectivity index (χ1n) is 12.5. The largest absolute Gasteiger partial charge is 0.453 e. The molecule has 1 aliphatic carbocycles. The Morgan fingerprint density at radius 3 is 2.58 bits per heavy atom. The Bertz CT molecular complexity index is 1300. The number of rotatable bonds is 7. The van der Waals surface area contributed by atoms with Crippen molar-refractivity contribution in [2.45, 2.75) is 63.5 Å². The predicted molar refractivity (Wildman–Crippen MR) is 130 cm³/mol. The van der Waals surface area contributed by atoms with E-state index in [-0.39, 0.29) is 17.7 Å². The van der Waals surface area contributed by atoms with Gasteiger partial charge in [-0.25, -0.2) is 27.3 Å². The van der Waals surface area contributed by atoms with Gasteiger partial charge in [-0.1, -0.05) is 24.3 Å². The van der Waals surface area contributed by atoms with Crippen LogP contribution in [0.25, 0.3) is 0 Å². The van der Waals surface area contributed by atoms with Crippen molar-refractivity contribution in [2.75, 3.05) is 13.1 Å². The van der Waals surface area contributed by atoms with Gasteiger partial charge in [-0.05, 0) is 49.3 Å². The maximum Gasteiger partial charge on any atom is 0.358 e. The van der Waals surface area contributed by atoms with Crippen LogP contribution < -0.4 is 0 Å². The molecule has 0 N–H and O–H groups in total. The van der Waals surface area contributed by atoms with E-state index in [0.717, 1.165) is 29.8 Å². The van der Waals surface area contributed by atoms with Crippen LogP contribution in [0.5, 0.6) is 0 Å². The van der Waals surface area contributed by atoms with Gasteiger partial charge in [0.1, 0.15) is 24.0 Å². The number of thiazole rings is 1. The van der Waals surface area contributed by atoms with Crippen LogP contribution in [0.15, 0.2) is 35.7 Å². The highest BCUT2D eigenvalue weighted by Gasteiger charge is 2.30. The van der Waals surface area contributed by atoms with Crippen LogP contribution in [0.1, 0.15) is 88.6 Å². The van der Waals surface area contributed by atoms with E-state index in [0.29, 0.717) is 36.7 Å². The number of fused-ring (bicyclic) bond motifs is 1. The zero-order chi connectivity index (χ0) is 26.8. The number of carbonyl (C=O) groups is 2. The van der Waals surface area contributed by atoms with Crippen molar-refractivity contribution in [3.8, 4) is 0 Å². The number of piperidine rings is 1. The minimum atomic E-state index is -3.02. The minimum Gasteiger partial charge on any atom is -0.453 e. The Balaban J connectivity index is 1.16. The Hall–Kier alpha value is -3.28. The average Bonchev–Trinajstić information content (AvgIpc) is 3.57. The maximum absolute atomic E-state index is 13.2. The van der Waals surface area contributed by atoms with Crippen molar-refractivity contribution in [3.63, 3.8) is 0 Å². The second kappa shape index (κ2) is 11.2. The fourth-order valence-corrected chi connectivity index (χ4v) is 6.02. The van der Waals surface area contributed by atoms with Crippen molar-refractivity contribution in [2.24, 2.45) is 0 Å². The molecule has 1 aliphatic heterocycles. The first kappa shape index (κ1) is 26.3. The zero-order valence-corrected chi connectivity index (χ0v) is 21.2. The minimum absolute atomic E-state index is 0.0350. The molecule has 1 saturated heterocycles. The number of ether oxygens (including phenoxy) is 1. The van der Waals surface area contributed by atoms with Crippen molar-refractivity contribution < 1.29 is 31.9 Å². The molecule has 7 nitrogen and oxygen atoms in total. The van der Waals surface area contributed by atoms with Gasteiger partial charge in [0.25, 0.3) is 12.9 Å². The number of aromatic nitrogens is 3. The summed E-state index contributed by atoms with van der Waals surface area (Å²) in [7, 11) is 0. The summed E-state index contributed by atoms with van der Waals surface area (Å²) < 4.78 is 58.7. The molecule has 0 radical (unpaired) electrons. The Morgan fingerprint density at radius 2 is 1.84 bits per heavy atom. The van der Waals surface area contributed by atoms with Crippen molar-refractivity contribution in [1.82, 2.24) is 19.7 Å². The lowest BCUT2D eigenvalue weighted by molar-refractivity contribution is -0.133. The molecular formula is C26H26F4N4O3S. The van der Waals surface area contributed by atoms with E-state index in [1.165, 1.54) is 21.8 Å². The predicted octanol–water partition coefficient (Wildman–Crippen LogP) is 5.86. The second-order valence-electron chi connectivity index (χ2n) is 9.46. The molecule has 38 heavy (non-hydrogen) atoms. The van der Waals surface area contributed by atoms with Crippen molar-refractivity contribution in [1.29, 1.82) is 0 Å². The van der Waals surface area contributed by atoms with Gasteiger partial charge in [0.2, 0.25) is 5.91 Å². The molecule has 1 aromatic carbocycles. The first-order chi connectivity index (χ1) is 18.3. The van der Waals surface area contributed by atoms with Crippen LogP contribution in [-0.4, -0.2) is 44.6 Å². The van der Waals surface area contributed by atoms with Crippen LogP contribution in [0.3, 0.4) is 0 Å². The lowest BCUT2D eigenvalue weighted by Crippen LogP contribution is -2.40. The number of nitrogens with zero attached hydrogens (tertiary/aromatic N) is 4. The highest BCUT2D eigenvalue weighted by atomic mass is 32.1.